The van der Waals surface area contributed by atoms with Crippen molar-refractivity contribution in [3.63, 3.8) is 0 Å². The molecule has 17 heavy (non-hydrogen) atoms. The molecule has 84 valence electrons. The fraction of sp³-hybridized carbons (Fsp3) is 0.0833. The van der Waals surface area contributed by atoms with Crippen molar-refractivity contribution in [1.29, 1.82) is 0 Å². The Balaban J connectivity index is 1.94. The van der Waals surface area contributed by atoms with Crippen molar-refractivity contribution in [3.8, 4) is 0 Å². The molecule has 0 bridgehead atoms. The summed E-state index contributed by atoms with van der Waals surface area (Å²) < 4.78 is 5.28. The summed E-state index contributed by atoms with van der Waals surface area (Å²) in [5, 5.41) is 3.15. The SMILES string of the molecule is Cc1nccc(Nc2cnc3ccoc3c2)n1. The Kier molecular flexibility index (Phi) is 2.22. The van der Waals surface area contributed by atoms with Gasteiger partial charge in [-0.2, -0.15) is 0 Å². The fourth-order valence-electron chi connectivity index (χ4n) is 1.59. The lowest BCUT2D eigenvalue weighted by Gasteiger charge is -2.04. The Morgan fingerprint density at radius 3 is 3.06 bits per heavy atom. The molecule has 0 unspecified atom stereocenters. The van der Waals surface area contributed by atoms with Crippen LogP contribution in [-0.4, -0.2) is 15.0 Å². The molecule has 0 aromatic carbocycles. The smallest absolute Gasteiger partial charge is 0.154 e. The average Bonchev–Trinajstić information content (AvgIpc) is 2.76. The molecule has 0 saturated carbocycles. The van der Waals surface area contributed by atoms with Crippen molar-refractivity contribution in [1.82, 2.24) is 15.0 Å². The summed E-state index contributed by atoms with van der Waals surface area (Å²) in [5.41, 5.74) is 2.43. The van der Waals surface area contributed by atoms with Crippen molar-refractivity contribution < 1.29 is 4.42 Å². The molecule has 0 radical (unpaired) electrons. The van der Waals surface area contributed by atoms with Crippen molar-refractivity contribution in [3.05, 3.63) is 42.7 Å². The second kappa shape index (κ2) is 3.86. The van der Waals surface area contributed by atoms with Gasteiger partial charge in [0, 0.05) is 18.3 Å². The number of nitrogens with zero attached hydrogens (tertiary/aromatic N) is 3. The lowest BCUT2D eigenvalue weighted by atomic mass is 10.3. The summed E-state index contributed by atoms with van der Waals surface area (Å²) in [6.07, 6.45) is 5.08. The van der Waals surface area contributed by atoms with Crippen LogP contribution in [0.2, 0.25) is 0 Å². The molecule has 0 aliphatic heterocycles. The van der Waals surface area contributed by atoms with Gasteiger partial charge in [0.2, 0.25) is 0 Å². The maximum atomic E-state index is 5.28. The second-order valence-electron chi connectivity index (χ2n) is 3.64. The van der Waals surface area contributed by atoms with E-state index in [2.05, 4.69) is 20.3 Å². The molecular formula is C12H10N4O. The standard InChI is InChI=1S/C12H10N4O/c1-8-13-4-2-12(15-8)16-9-6-11-10(14-7-9)3-5-17-11/h2-7H,1H3,(H,13,15,16). The monoisotopic (exact) mass is 226 g/mol. The van der Waals surface area contributed by atoms with Crippen LogP contribution in [0.25, 0.3) is 11.1 Å². The predicted molar refractivity (Wildman–Crippen MR) is 64.1 cm³/mol. The first-order chi connectivity index (χ1) is 8.31. The highest BCUT2D eigenvalue weighted by Crippen LogP contribution is 2.19. The number of furan rings is 1. The maximum absolute atomic E-state index is 5.28. The van der Waals surface area contributed by atoms with E-state index in [-0.39, 0.29) is 0 Å². The Labute approximate surface area is 97.5 Å². The van der Waals surface area contributed by atoms with Crippen LogP contribution in [0, 0.1) is 6.92 Å². The summed E-state index contributed by atoms with van der Waals surface area (Å²) >= 11 is 0. The molecule has 3 rings (SSSR count). The van der Waals surface area contributed by atoms with Crippen molar-refractivity contribution in [2.45, 2.75) is 6.92 Å². The molecule has 0 atom stereocenters. The topological polar surface area (TPSA) is 63.8 Å². The quantitative estimate of drug-likeness (QED) is 0.727. The van der Waals surface area contributed by atoms with Crippen LogP contribution in [0.3, 0.4) is 0 Å². The third kappa shape index (κ3) is 1.94. The number of hydrogen-bond acceptors (Lipinski definition) is 5. The maximum Gasteiger partial charge on any atom is 0.154 e. The Morgan fingerprint density at radius 2 is 2.18 bits per heavy atom. The summed E-state index contributed by atoms with van der Waals surface area (Å²) in [5.74, 6) is 1.47. The third-order valence-electron chi connectivity index (χ3n) is 2.35. The molecule has 5 nitrogen and oxygen atoms in total. The highest BCUT2D eigenvalue weighted by molar-refractivity contribution is 5.76. The van der Waals surface area contributed by atoms with Gasteiger partial charge in [0.1, 0.15) is 17.2 Å². The van der Waals surface area contributed by atoms with Gasteiger partial charge in [0.25, 0.3) is 0 Å². The zero-order chi connectivity index (χ0) is 11.7. The van der Waals surface area contributed by atoms with E-state index in [1.54, 1.807) is 24.7 Å². The summed E-state index contributed by atoms with van der Waals surface area (Å²) in [6, 6.07) is 5.52. The minimum absolute atomic E-state index is 0.724. The Bertz CT molecular complexity index is 662. The van der Waals surface area contributed by atoms with E-state index in [0.717, 1.165) is 28.4 Å². The van der Waals surface area contributed by atoms with Gasteiger partial charge in [0.15, 0.2) is 5.58 Å². The van der Waals surface area contributed by atoms with Crippen molar-refractivity contribution in [2.24, 2.45) is 0 Å². The van der Waals surface area contributed by atoms with Gasteiger partial charge in [-0.1, -0.05) is 0 Å². The normalized spacial score (nSPS) is 10.6. The van der Waals surface area contributed by atoms with Crippen LogP contribution < -0.4 is 5.32 Å². The number of pyridine rings is 1. The highest BCUT2D eigenvalue weighted by Gasteiger charge is 2.01. The molecule has 0 spiro atoms. The second-order valence-corrected chi connectivity index (χ2v) is 3.64. The number of anilines is 2. The largest absolute Gasteiger partial charge is 0.463 e. The van der Waals surface area contributed by atoms with Crippen LogP contribution in [0.5, 0.6) is 0 Å². The number of fused-ring (bicyclic) bond motifs is 1. The van der Waals surface area contributed by atoms with Crippen LogP contribution >= 0.6 is 0 Å². The number of aryl methyl sites for hydroxylation is 1. The van der Waals surface area contributed by atoms with E-state index < -0.39 is 0 Å². The highest BCUT2D eigenvalue weighted by atomic mass is 16.3. The van der Waals surface area contributed by atoms with Crippen LogP contribution in [0.1, 0.15) is 5.82 Å². The zero-order valence-electron chi connectivity index (χ0n) is 9.21. The average molecular weight is 226 g/mol. The van der Waals surface area contributed by atoms with E-state index in [9.17, 15) is 0 Å². The van der Waals surface area contributed by atoms with Gasteiger partial charge in [-0.3, -0.25) is 4.98 Å². The van der Waals surface area contributed by atoms with Crippen LogP contribution in [0.4, 0.5) is 11.5 Å². The molecule has 3 aromatic heterocycles. The molecule has 0 amide bonds. The van der Waals surface area contributed by atoms with E-state index in [4.69, 9.17) is 4.42 Å². The molecular weight excluding hydrogens is 216 g/mol. The van der Waals surface area contributed by atoms with E-state index in [1.165, 1.54) is 0 Å². The molecule has 0 fully saturated rings. The summed E-state index contributed by atoms with van der Waals surface area (Å²) in [4.78, 5) is 12.6. The Hall–Kier alpha value is -2.43. The number of nitrogens with one attached hydrogen (secondary N) is 1. The minimum atomic E-state index is 0.724. The van der Waals surface area contributed by atoms with Crippen molar-refractivity contribution >= 4 is 22.6 Å². The molecule has 5 heteroatoms. The number of rotatable bonds is 2. The summed E-state index contributed by atoms with van der Waals surface area (Å²) in [6.45, 7) is 1.85. The van der Waals surface area contributed by atoms with Gasteiger partial charge in [-0.15, -0.1) is 0 Å². The third-order valence-corrected chi connectivity index (χ3v) is 2.35. The lowest BCUT2D eigenvalue weighted by Crippen LogP contribution is -1.96. The van der Waals surface area contributed by atoms with Gasteiger partial charge < -0.3 is 9.73 Å². The van der Waals surface area contributed by atoms with Gasteiger partial charge >= 0.3 is 0 Å². The van der Waals surface area contributed by atoms with Gasteiger partial charge in [0.05, 0.1) is 18.1 Å². The van der Waals surface area contributed by atoms with Crippen LogP contribution in [0.15, 0.2) is 41.3 Å². The molecule has 0 aliphatic carbocycles. The van der Waals surface area contributed by atoms with E-state index in [0.29, 0.717) is 0 Å². The van der Waals surface area contributed by atoms with Crippen molar-refractivity contribution in [2.75, 3.05) is 5.32 Å². The number of hydrogen-bond donors (Lipinski definition) is 1. The minimum Gasteiger partial charge on any atom is -0.463 e. The summed E-state index contributed by atoms with van der Waals surface area (Å²) in [7, 11) is 0. The van der Waals surface area contributed by atoms with Gasteiger partial charge in [-0.25, -0.2) is 9.97 Å². The molecule has 0 saturated heterocycles. The predicted octanol–water partition coefficient (Wildman–Crippen LogP) is 2.67. The zero-order valence-corrected chi connectivity index (χ0v) is 9.21. The molecule has 3 heterocycles. The first kappa shape index (κ1) is 9.77. The molecule has 3 aromatic rings. The molecule has 1 N–H and O–H groups in total. The Morgan fingerprint density at radius 1 is 1.24 bits per heavy atom. The van der Waals surface area contributed by atoms with Crippen LogP contribution in [-0.2, 0) is 0 Å². The van der Waals surface area contributed by atoms with E-state index in [1.807, 2.05) is 19.1 Å². The lowest BCUT2D eigenvalue weighted by molar-refractivity contribution is 0.615. The fourth-order valence-corrected chi connectivity index (χ4v) is 1.59. The molecule has 0 aliphatic rings. The first-order valence-corrected chi connectivity index (χ1v) is 5.21. The first-order valence-electron chi connectivity index (χ1n) is 5.21. The number of aromatic nitrogens is 3. The van der Waals surface area contributed by atoms with E-state index >= 15 is 0 Å². The van der Waals surface area contributed by atoms with Gasteiger partial charge in [-0.05, 0) is 13.0 Å².